The van der Waals surface area contributed by atoms with Gasteiger partial charge >= 0.3 is 39.5 Å². The molecular formula is C68H128O17P2. The Labute approximate surface area is 529 Å². The summed E-state index contributed by atoms with van der Waals surface area (Å²) in [6.45, 7) is 7.11. The van der Waals surface area contributed by atoms with Gasteiger partial charge < -0.3 is 33.8 Å². The Balaban J connectivity index is 5.28. The van der Waals surface area contributed by atoms with E-state index in [9.17, 15) is 43.2 Å². The summed E-state index contributed by atoms with van der Waals surface area (Å²) in [5, 5.41) is 10.6. The maximum atomic E-state index is 13.0. The second kappa shape index (κ2) is 61.1. The zero-order chi connectivity index (χ0) is 64.2. The fourth-order valence-electron chi connectivity index (χ4n) is 9.72. The van der Waals surface area contributed by atoms with E-state index in [0.29, 0.717) is 25.7 Å². The van der Waals surface area contributed by atoms with E-state index in [1.807, 2.05) is 0 Å². The van der Waals surface area contributed by atoms with E-state index in [2.05, 4.69) is 58.9 Å². The summed E-state index contributed by atoms with van der Waals surface area (Å²) in [5.41, 5.74) is 0. The van der Waals surface area contributed by atoms with Crippen molar-refractivity contribution in [3.8, 4) is 0 Å². The molecule has 0 saturated heterocycles. The van der Waals surface area contributed by atoms with Crippen LogP contribution in [0.1, 0.15) is 324 Å². The van der Waals surface area contributed by atoms with E-state index in [1.165, 1.54) is 128 Å². The molecule has 19 heteroatoms. The number of rotatable bonds is 66. The van der Waals surface area contributed by atoms with E-state index < -0.39 is 97.5 Å². The zero-order valence-electron chi connectivity index (χ0n) is 55.6. The van der Waals surface area contributed by atoms with Gasteiger partial charge in [-0.15, -0.1) is 0 Å². The van der Waals surface area contributed by atoms with E-state index in [4.69, 9.17) is 37.0 Å². The molecule has 0 aromatic carbocycles. The minimum atomic E-state index is -4.96. The predicted molar refractivity (Wildman–Crippen MR) is 349 cm³/mol. The van der Waals surface area contributed by atoms with Gasteiger partial charge in [-0.05, 0) is 57.3 Å². The van der Waals surface area contributed by atoms with Crippen molar-refractivity contribution in [3.05, 3.63) is 24.3 Å². The second-order valence-corrected chi connectivity index (χ2v) is 27.0. The van der Waals surface area contributed by atoms with Crippen LogP contribution in [0.2, 0.25) is 0 Å². The third-order valence-corrected chi connectivity index (χ3v) is 17.4. The minimum absolute atomic E-state index is 0.0852. The first-order valence-corrected chi connectivity index (χ1v) is 38.0. The van der Waals surface area contributed by atoms with Crippen LogP contribution < -0.4 is 0 Å². The number of carbonyl (C=O) groups excluding carboxylic acids is 4. The van der Waals surface area contributed by atoms with Gasteiger partial charge in [-0.3, -0.25) is 37.3 Å². The van der Waals surface area contributed by atoms with Crippen LogP contribution in [0.15, 0.2) is 24.3 Å². The SMILES string of the molecule is CCCCCC/C=C\C=C/CCCCCCCC(=O)O[C@H](COC(=O)CCCCCCCCCCCCC)COP(=O)(O)OC[C@@H](O)COP(=O)(O)OC[C@@H](COC(=O)CCCCCCCCC(C)CC)OC(=O)CCCCCCCCCCCCC. The average molecular weight is 1280 g/mol. The lowest BCUT2D eigenvalue weighted by molar-refractivity contribution is -0.161. The summed E-state index contributed by atoms with van der Waals surface area (Å²) < 4.78 is 68.1. The summed E-state index contributed by atoms with van der Waals surface area (Å²) in [6, 6.07) is 0. The molecular weight excluding hydrogens is 1150 g/mol. The minimum Gasteiger partial charge on any atom is -0.462 e. The van der Waals surface area contributed by atoms with Crippen molar-refractivity contribution in [1.82, 2.24) is 0 Å². The van der Waals surface area contributed by atoms with Crippen molar-refractivity contribution in [2.45, 2.75) is 342 Å². The number of ether oxygens (including phenoxy) is 4. The van der Waals surface area contributed by atoms with Gasteiger partial charge in [-0.2, -0.15) is 0 Å². The Bertz CT molecular complexity index is 1780. The molecule has 3 N–H and O–H groups in total. The summed E-state index contributed by atoms with van der Waals surface area (Å²) >= 11 is 0. The van der Waals surface area contributed by atoms with Crippen molar-refractivity contribution < 1.29 is 80.2 Å². The Morgan fingerprint density at radius 3 is 0.977 bits per heavy atom. The van der Waals surface area contributed by atoms with E-state index in [0.717, 1.165) is 115 Å². The summed E-state index contributed by atoms with van der Waals surface area (Å²) in [5.74, 6) is -1.43. The number of allylic oxidation sites excluding steroid dienone is 4. The maximum absolute atomic E-state index is 13.0. The highest BCUT2D eigenvalue weighted by Crippen LogP contribution is 2.45. The first-order chi connectivity index (χ1) is 42.1. The molecule has 3 unspecified atom stereocenters. The molecule has 17 nitrogen and oxygen atoms in total. The van der Waals surface area contributed by atoms with Crippen molar-refractivity contribution >= 4 is 39.5 Å². The van der Waals surface area contributed by atoms with Gasteiger partial charge in [0, 0.05) is 25.7 Å². The molecule has 0 amide bonds. The third-order valence-electron chi connectivity index (χ3n) is 15.5. The van der Waals surface area contributed by atoms with E-state index in [1.54, 1.807) is 0 Å². The molecule has 0 aliphatic heterocycles. The van der Waals surface area contributed by atoms with Gasteiger partial charge in [0.05, 0.1) is 26.4 Å². The monoisotopic (exact) mass is 1280 g/mol. The molecule has 87 heavy (non-hydrogen) atoms. The standard InChI is InChI=1S/C68H128O17P2/c1-6-10-13-16-19-22-25-26-27-28-31-34-37-44-49-54-68(73)84-63(57-78-65(70)51-46-41-35-32-29-23-20-17-14-11-7-2)59-82-86(74,75)80-55-62(69)56-81-87(76,77)83-60-64(58-79-66(71)52-47-42-39-38-40-45-50-61(5)9-4)85-67(72)53-48-43-36-33-30-24-21-18-15-12-8-3/h22,25-27,61-64,69H,6-21,23-24,28-60H2,1-5H3,(H,74,75)(H,76,77)/b25-22-,27-26-/t61?,62-,63-,64-/m1/s1. The molecule has 0 fully saturated rings. The first kappa shape index (κ1) is 84.5. The smallest absolute Gasteiger partial charge is 0.462 e. The van der Waals surface area contributed by atoms with E-state index in [-0.39, 0.29) is 25.7 Å². The fourth-order valence-corrected chi connectivity index (χ4v) is 11.3. The molecule has 0 bridgehead atoms. The summed E-state index contributed by atoms with van der Waals surface area (Å²) in [7, 11) is -9.91. The third kappa shape index (κ3) is 60.9. The van der Waals surface area contributed by atoms with Crippen molar-refractivity contribution in [1.29, 1.82) is 0 Å². The van der Waals surface area contributed by atoms with Crippen LogP contribution >= 0.6 is 15.6 Å². The number of hydrogen-bond acceptors (Lipinski definition) is 15. The van der Waals surface area contributed by atoms with Gasteiger partial charge in [-0.25, -0.2) is 9.13 Å². The van der Waals surface area contributed by atoms with E-state index >= 15 is 0 Å². The Morgan fingerprint density at radius 1 is 0.368 bits per heavy atom. The lowest BCUT2D eigenvalue weighted by Gasteiger charge is -2.21. The first-order valence-electron chi connectivity index (χ1n) is 35.0. The number of carbonyl (C=O) groups is 4. The molecule has 0 heterocycles. The number of aliphatic hydroxyl groups excluding tert-OH is 1. The van der Waals surface area contributed by atoms with Crippen LogP contribution in [0.4, 0.5) is 0 Å². The molecule has 0 radical (unpaired) electrons. The number of aliphatic hydroxyl groups is 1. The highest BCUT2D eigenvalue weighted by Gasteiger charge is 2.30. The van der Waals surface area contributed by atoms with Gasteiger partial charge in [0.2, 0.25) is 0 Å². The molecule has 0 aromatic heterocycles. The Kier molecular flexibility index (Phi) is 59.3. The molecule has 0 aliphatic rings. The van der Waals surface area contributed by atoms with Crippen LogP contribution in [0, 0.1) is 5.92 Å². The zero-order valence-corrected chi connectivity index (χ0v) is 57.4. The van der Waals surface area contributed by atoms with Crippen molar-refractivity contribution in [2.24, 2.45) is 5.92 Å². The Hall–Kier alpha value is -2.46. The van der Waals surface area contributed by atoms with Gasteiger partial charge in [-0.1, -0.05) is 271 Å². The summed E-state index contributed by atoms with van der Waals surface area (Å²) in [6.07, 6.45) is 49.3. The molecule has 0 rings (SSSR count). The predicted octanol–water partition coefficient (Wildman–Crippen LogP) is 18.9. The lowest BCUT2D eigenvalue weighted by atomic mass is 10.00. The average Bonchev–Trinajstić information content (AvgIpc) is 3.66. The van der Waals surface area contributed by atoms with Crippen molar-refractivity contribution in [3.63, 3.8) is 0 Å². The Morgan fingerprint density at radius 2 is 0.644 bits per heavy atom. The molecule has 0 saturated carbocycles. The maximum Gasteiger partial charge on any atom is 0.472 e. The normalized spacial score (nSPS) is 14.6. The molecule has 512 valence electrons. The number of unbranched alkanes of at least 4 members (excludes halogenated alkanes) is 34. The van der Waals surface area contributed by atoms with Crippen LogP contribution in [0.25, 0.3) is 0 Å². The number of phosphoric acid groups is 2. The number of phosphoric ester groups is 2. The number of esters is 4. The second-order valence-electron chi connectivity index (χ2n) is 24.1. The molecule has 0 aliphatic carbocycles. The van der Waals surface area contributed by atoms with Gasteiger partial charge in [0.15, 0.2) is 12.2 Å². The molecule has 6 atom stereocenters. The quantitative estimate of drug-likeness (QED) is 0.0169. The van der Waals surface area contributed by atoms with Crippen LogP contribution in [0.5, 0.6) is 0 Å². The highest BCUT2D eigenvalue weighted by molar-refractivity contribution is 7.47. The molecule has 0 aromatic rings. The fraction of sp³-hybridized carbons (Fsp3) is 0.882. The van der Waals surface area contributed by atoms with Crippen LogP contribution in [-0.2, 0) is 65.4 Å². The van der Waals surface area contributed by atoms with Gasteiger partial charge in [0.1, 0.15) is 19.3 Å². The van der Waals surface area contributed by atoms with Crippen LogP contribution in [-0.4, -0.2) is 96.7 Å². The number of hydrogen-bond donors (Lipinski definition) is 3. The lowest BCUT2D eigenvalue weighted by Crippen LogP contribution is -2.30. The highest BCUT2D eigenvalue weighted by atomic mass is 31.2. The topological polar surface area (TPSA) is 237 Å². The van der Waals surface area contributed by atoms with Crippen LogP contribution in [0.3, 0.4) is 0 Å². The van der Waals surface area contributed by atoms with Crippen molar-refractivity contribution in [2.75, 3.05) is 39.6 Å². The van der Waals surface area contributed by atoms with Gasteiger partial charge in [0.25, 0.3) is 0 Å². The molecule has 0 spiro atoms. The largest absolute Gasteiger partial charge is 0.472 e. The summed E-state index contributed by atoms with van der Waals surface area (Å²) in [4.78, 5) is 72.4.